The summed E-state index contributed by atoms with van der Waals surface area (Å²) in [5.41, 5.74) is 5.01. The molecule has 0 saturated carbocycles. The molecule has 5 heteroatoms. The van der Waals surface area contributed by atoms with E-state index in [1.807, 2.05) is 32.0 Å². The summed E-state index contributed by atoms with van der Waals surface area (Å²) >= 11 is 0. The number of aromatic nitrogens is 1. The van der Waals surface area contributed by atoms with Crippen LogP contribution in [0.5, 0.6) is 0 Å². The Kier molecular flexibility index (Phi) is 4.98. The van der Waals surface area contributed by atoms with Gasteiger partial charge in [-0.05, 0) is 62.4 Å². The second-order valence-corrected chi connectivity index (χ2v) is 5.94. The molecule has 0 saturated heterocycles. The summed E-state index contributed by atoms with van der Waals surface area (Å²) < 4.78 is 20.1. The van der Waals surface area contributed by atoms with Crippen molar-refractivity contribution in [3.8, 4) is 5.69 Å². The molecule has 0 fully saturated rings. The third-order valence-electron chi connectivity index (χ3n) is 4.18. The van der Waals surface area contributed by atoms with E-state index in [-0.39, 0.29) is 11.8 Å². The van der Waals surface area contributed by atoms with Crippen molar-refractivity contribution < 1.29 is 13.9 Å². The van der Waals surface area contributed by atoms with E-state index in [9.17, 15) is 9.18 Å². The first-order valence-electron chi connectivity index (χ1n) is 8.17. The van der Waals surface area contributed by atoms with Crippen molar-refractivity contribution in [1.82, 2.24) is 4.57 Å². The van der Waals surface area contributed by atoms with Gasteiger partial charge < -0.3 is 9.30 Å². The Balaban J connectivity index is 1.92. The largest absolute Gasteiger partial charge is 0.465 e. The predicted molar refractivity (Wildman–Crippen MR) is 100 cm³/mol. The lowest BCUT2D eigenvalue weighted by atomic mass is 10.2. The molecule has 0 amide bonds. The Morgan fingerprint density at radius 1 is 1.12 bits per heavy atom. The van der Waals surface area contributed by atoms with Gasteiger partial charge in [-0.3, -0.25) is 4.99 Å². The van der Waals surface area contributed by atoms with Gasteiger partial charge in [-0.2, -0.15) is 0 Å². The zero-order valence-electron chi connectivity index (χ0n) is 14.9. The molecular formula is C21H19FN2O2. The van der Waals surface area contributed by atoms with Gasteiger partial charge in [0.05, 0.1) is 18.4 Å². The fourth-order valence-electron chi connectivity index (χ4n) is 2.88. The van der Waals surface area contributed by atoms with Crippen LogP contribution in [0.15, 0.2) is 59.6 Å². The summed E-state index contributed by atoms with van der Waals surface area (Å²) in [7, 11) is 1.36. The molecule has 0 atom stereocenters. The first-order chi connectivity index (χ1) is 12.5. The maximum absolute atomic E-state index is 13.3. The zero-order valence-corrected chi connectivity index (χ0v) is 14.9. The van der Waals surface area contributed by atoms with Crippen molar-refractivity contribution in [3.05, 3.63) is 82.9 Å². The molecule has 26 heavy (non-hydrogen) atoms. The van der Waals surface area contributed by atoms with Crippen molar-refractivity contribution in [2.75, 3.05) is 7.11 Å². The van der Waals surface area contributed by atoms with Crippen molar-refractivity contribution in [3.63, 3.8) is 0 Å². The molecule has 3 aromatic rings. The number of methoxy groups -OCH3 is 1. The van der Waals surface area contributed by atoms with Crippen LogP contribution in [0, 0.1) is 19.7 Å². The highest BCUT2D eigenvalue weighted by Gasteiger charge is 2.11. The van der Waals surface area contributed by atoms with Gasteiger partial charge in [0, 0.05) is 28.9 Å². The minimum atomic E-state index is -0.361. The lowest BCUT2D eigenvalue weighted by molar-refractivity contribution is 0.0601. The molecule has 0 unspecified atom stereocenters. The topological polar surface area (TPSA) is 43.6 Å². The van der Waals surface area contributed by atoms with Crippen LogP contribution in [-0.4, -0.2) is 23.9 Å². The number of nitrogens with zero attached hydrogens (tertiary/aromatic N) is 2. The predicted octanol–water partition coefficient (Wildman–Crippen LogP) is 4.77. The molecule has 1 heterocycles. The van der Waals surface area contributed by atoms with Gasteiger partial charge in [-0.25, -0.2) is 9.18 Å². The third-order valence-corrected chi connectivity index (χ3v) is 4.18. The Bertz CT molecular complexity index is 972. The molecule has 0 bridgehead atoms. The Labute approximate surface area is 151 Å². The SMILES string of the molecule is COC(=O)c1ccc(-n2c(C)cc(C=Nc3cccc(F)c3)c2C)cc1. The maximum atomic E-state index is 13.3. The number of hydrogen-bond acceptors (Lipinski definition) is 3. The number of rotatable bonds is 4. The van der Waals surface area contributed by atoms with E-state index >= 15 is 0 Å². The van der Waals surface area contributed by atoms with Crippen LogP contribution < -0.4 is 0 Å². The van der Waals surface area contributed by atoms with Gasteiger partial charge in [0.25, 0.3) is 0 Å². The lowest BCUT2D eigenvalue weighted by Crippen LogP contribution is -2.03. The van der Waals surface area contributed by atoms with Crippen molar-refractivity contribution in [2.45, 2.75) is 13.8 Å². The molecule has 2 aromatic carbocycles. The van der Waals surface area contributed by atoms with E-state index in [2.05, 4.69) is 9.56 Å². The van der Waals surface area contributed by atoms with Gasteiger partial charge in [0.15, 0.2) is 0 Å². The maximum Gasteiger partial charge on any atom is 0.337 e. The zero-order chi connectivity index (χ0) is 18.7. The Hall–Kier alpha value is -3.21. The van der Waals surface area contributed by atoms with Gasteiger partial charge in [0.1, 0.15) is 5.82 Å². The van der Waals surface area contributed by atoms with Crippen molar-refractivity contribution in [2.24, 2.45) is 4.99 Å². The monoisotopic (exact) mass is 350 g/mol. The second-order valence-electron chi connectivity index (χ2n) is 5.94. The highest BCUT2D eigenvalue weighted by atomic mass is 19.1. The summed E-state index contributed by atoms with van der Waals surface area (Å²) in [6, 6.07) is 15.4. The number of esters is 1. The highest BCUT2D eigenvalue weighted by Crippen LogP contribution is 2.21. The van der Waals surface area contributed by atoms with E-state index < -0.39 is 0 Å². The average Bonchev–Trinajstić information content (AvgIpc) is 2.93. The molecular weight excluding hydrogens is 331 g/mol. The van der Waals surface area contributed by atoms with E-state index in [1.54, 1.807) is 30.5 Å². The van der Waals surface area contributed by atoms with Gasteiger partial charge in [-0.15, -0.1) is 0 Å². The quantitative estimate of drug-likeness (QED) is 0.502. The second kappa shape index (κ2) is 7.35. The fraction of sp³-hybridized carbons (Fsp3) is 0.143. The Morgan fingerprint density at radius 2 is 1.85 bits per heavy atom. The number of aryl methyl sites for hydroxylation is 1. The molecule has 0 aliphatic carbocycles. The van der Waals surface area contributed by atoms with E-state index in [1.165, 1.54) is 19.2 Å². The van der Waals surface area contributed by atoms with Crippen LogP contribution in [0.4, 0.5) is 10.1 Å². The molecule has 0 aliphatic heterocycles. The Morgan fingerprint density at radius 3 is 2.50 bits per heavy atom. The van der Waals surface area contributed by atoms with Crippen LogP contribution >= 0.6 is 0 Å². The van der Waals surface area contributed by atoms with Gasteiger partial charge in [0.2, 0.25) is 0 Å². The first-order valence-corrected chi connectivity index (χ1v) is 8.17. The van der Waals surface area contributed by atoms with Crippen LogP contribution in [0.2, 0.25) is 0 Å². The highest BCUT2D eigenvalue weighted by molar-refractivity contribution is 5.89. The molecule has 0 spiro atoms. The van der Waals surface area contributed by atoms with Crippen LogP contribution in [-0.2, 0) is 4.74 Å². The number of benzene rings is 2. The van der Waals surface area contributed by atoms with Crippen LogP contribution in [0.3, 0.4) is 0 Å². The minimum absolute atomic E-state index is 0.309. The fourth-order valence-corrected chi connectivity index (χ4v) is 2.88. The average molecular weight is 350 g/mol. The van der Waals surface area contributed by atoms with E-state index in [4.69, 9.17) is 4.74 Å². The van der Waals surface area contributed by atoms with Crippen LogP contribution in [0.1, 0.15) is 27.3 Å². The number of aliphatic imine (C=N–C) groups is 1. The molecule has 3 rings (SSSR count). The molecule has 0 N–H and O–H groups in total. The summed E-state index contributed by atoms with van der Waals surface area (Å²) in [5.74, 6) is -0.670. The van der Waals surface area contributed by atoms with Crippen molar-refractivity contribution >= 4 is 17.9 Å². The number of hydrogen-bond donors (Lipinski definition) is 0. The normalized spacial score (nSPS) is 11.1. The smallest absolute Gasteiger partial charge is 0.337 e. The first kappa shape index (κ1) is 17.6. The van der Waals surface area contributed by atoms with E-state index in [0.29, 0.717) is 11.3 Å². The third kappa shape index (κ3) is 3.57. The summed E-state index contributed by atoms with van der Waals surface area (Å²) in [6.07, 6.45) is 1.73. The lowest BCUT2D eigenvalue weighted by Gasteiger charge is -2.10. The molecule has 0 aliphatic rings. The minimum Gasteiger partial charge on any atom is -0.465 e. The summed E-state index contributed by atoms with van der Waals surface area (Å²) in [6.45, 7) is 3.99. The molecule has 4 nitrogen and oxygen atoms in total. The number of halogens is 1. The number of carbonyl (C=O) groups excluding carboxylic acids is 1. The van der Waals surface area contributed by atoms with Crippen molar-refractivity contribution in [1.29, 1.82) is 0 Å². The van der Waals surface area contributed by atoms with Crippen LogP contribution in [0.25, 0.3) is 5.69 Å². The summed E-state index contributed by atoms with van der Waals surface area (Å²) in [4.78, 5) is 15.9. The van der Waals surface area contributed by atoms with Gasteiger partial charge >= 0.3 is 5.97 Å². The van der Waals surface area contributed by atoms with E-state index in [0.717, 1.165) is 22.6 Å². The summed E-state index contributed by atoms with van der Waals surface area (Å²) in [5, 5.41) is 0. The van der Waals surface area contributed by atoms with Gasteiger partial charge in [-0.1, -0.05) is 6.07 Å². The molecule has 1 aromatic heterocycles. The molecule has 132 valence electrons. The molecule has 0 radical (unpaired) electrons. The number of carbonyl (C=O) groups is 1. The standard InChI is InChI=1S/C21H19FN2O2/c1-14-11-17(13-23-19-6-4-5-18(22)12-19)15(2)24(14)20-9-7-16(8-10-20)21(25)26-3/h4-13H,1-3H3. The number of ether oxygens (including phenoxy) is 1.